The van der Waals surface area contributed by atoms with Gasteiger partial charge in [0.2, 0.25) is 0 Å². The normalized spacial score (nSPS) is 10.8. The summed E-state index contributed by atoms with van der Waals surface area (Å²) in [5, 5.41) is 6.86. The molecule has 2 N–H and O–H groups in total. The van der Waals surface area contributed by atoms with E-state index < -0.39 is 0 Å². The molecular weight excluding hydrogens is 184 g/mol. The second-order valence-corrected chi connectivity index (χ2v) is 4.12. The van der Waals surface area contributed by atoms with Gasteiger partial charge >= 0.3 is 0 Å². The van der Waals surface area contributed by atoms with Crippen LogP contribution in [0.5, 0.6) is 0 Å². The zero-order valence-electron chi connectivity index (χ0n) is 10.5. The van der Waals surface area contributed by atoms with E-state index in [1.165, 1.54) is 51.6 Å². The predicted molar refractivity (Wildman–Crippen MR) is 69.1 cm³/mol. The maximum atomic E-state index is 3.79. The minimum Gasteiger partial charge on any atom is -0.317 e. The van der Waals surface area contributed by atoms with Crippen molar-refractivity contribution in [2.24, 2.45) is 0 Å². The molecule has 0 spiro atoms. The number of unbranched alkanes of at least 4 members (excludes halogenated alkanes) is 4. The van der Waals surface area contributed by atoms with Crippen LogP contribution in [0.1, 0.15) is 51.9 Å². The molecule has 0 aromatic rings. The van der Waals surface area contributed by atoms with Crippen molar-refractivity contribution in [2.45, 2.75) is 51.9 Å². The lowest BCUT2D eigenvalue weighted by atomic mass is 10.2. The van der Waals surface area contributed by atoms with Gasteiger partial charge in [0.25, 0.3) is 0 Å². The molecule has 15 heavy (non-hydrogen) atoms. The molecular formula is C13H29N2. The van der Waals surface area contributed by atoms with Gasteiger partial charge in [-0.25, -0.2) is 0 Å². The molecule has 0 bridgehead atoms. The van der Waals surface area contributed by atoms with Crippen LogP contribution in [0.4, 0.5) is 0 Å². The zero-order valence-corrected chi connectivity index (χ0v) is 10.5. The van der Waals surface area contributed by atoms with Crippen molar-refractivity contribution in [3.63, 3.8) is 0 Å². The molecule has 0 unspecified atom stereocenters. The van der Waals surface area contributed by atoms with Crippen molar-refractivity contribution in [2.75, 3.05) is 26.2 Å². The van der Waals surface area contributed by atoms with Gasteiger partial charge in [0, 0.05) is 0 Å². The zero-order chi connectivity index (χ0) is 11.2. The third-order valence-electron chi connectivity index (χ3n) is 2.52. The summed E-state index contributed by atoms with van der Waals surface area (Å²) in [5.41, 5.74) is 0. The van der Waals surface area contributed by atoms with Gasteiger partial charge in [0.05, 0.1) is 0 Å². The first kappa shape index (κ1) is 14.9. The van der Waals surface area contributed by atoms with E-state index in [1.54, 1.807) is 0 Å². The van der Waals surface area contributed by atoms with Crippen LogP contribution in [0.3, 0.4) is 0 Å². The van der Waals surface area contributed by atoms with Gasteiger partial charge in [-0.1, -0.05) is 33.1 Å². The van der Waals surface area contributed by atoms with Crippen LogP contribution >= 0.6 is 0 Å². The maximum Gasteiger partial charge on any atom is -0.00484 e. The molecule has 0 aromatic carbocycles. The molecule has 2 nitrogen and oxygen atoms in total. The van der Waals surface area contributed by atoms with Crippen molar-refractivity contribution in [1.29, 1.82) is 0 Å². The highest BCUT2D eigenvalue weighted by Gasteiger charge is 1.90. The molecule has 0 aliphatic carbocycles. The fourth-order valence-corrected chi connectivity index (χ4v) is 1.55. The predicted octanol–water partition coefficient (Wildman–Crippen LogP) is 2.75. The lowest BCUT2D eigenvalue weighted by Gasteiger charge is -2.05. The molecule has 2 heteroatoms. The molecule has 1 radical (unpaired) electrons. The topological polar surface area (TPSA) is 24.1 Å². The standard InChI is InChI=1S/C13H29N2/c1-3-5-6-7-11-15-13-9-8-12-14-10-4-2/h14-15H,2-13H2,1H3. The van der Waals surface area contributed by atoms with Gasteiger partial charge in [-0.15, -0.1) is 0 Å². The van der Waals surface area contributed by atoms with Crippen LogP contribution in [0.15, 0.2) is 0 Å². The summed E-state index contributed by atoms with van der Waals surface area (Å²) in [5.74, 6) is 0. The second-order valence-electron chi connectivity index (χ2n) is 4.12. The fourth-order valence-electron chi connectivity index (χ4n) is 1.55. The third kappa shape index (κ3) is 13.9. The summed E-state index contributed by atoms with van der Waals surface area (Å²) >= 11 is 0. The fraction of sp³-hybridized carbons (Fsp3) is 0.923. The molecule has 91 valence electrons. The van der Waals surface area contributed by atoms with E-state index in [0.717, 1.165) is 19.5 Å². The van der Waals surface area contributed by atoms with Gasteiger partial charge in [-0.05, 0) is 51.9 Å². The highest BCUT2D eigenvalue weighted by atomic mass is 14.9. The quantitative estimate of drug-likeness (QED) is 0.487. The summed E-state index contributed by atoms with van der Waals surface area (Å²) in [6.45, 7) is 10.6. The van der Waals surface area contributed by atoms with Crippen molar-refractivity contribution >= 4 is 0 Å². The number of nitrogens with one attached hydrogen (secondary N) is 2. The molecule has 0 heterocycles. The number of hydrogen-bond donors (Lipinski definition) is 2. The van der Waals surface area contributed by atoms with Gasteiger partial charge in [-0.3, -0.25) is 0 Å². The molecule has 0 saturated heterocycles. The SMILES string of the molecule is [CH2]CCNCCCCNCCCCCC. The summed E-state index contributed by atoms with van der Waals surface area (Å²) in [6, 6.07) is 0. The monoisotopic (exact) mass is 213 g/mol. The third-order valence-corrected chi connectivity index (χ3v) is 2.52. The molecule has 0 rings (SSSR count). The molecule has 0 amide bonds. The van der Waals surface area contributed by atoms with E-state index in [9.17, 15) is 0 Å². The van der Waals surface area contributed by atoms with Gasteiger partial charge in [0.15, 0.2) is 0 Å². The first-order valence-corrected chi connectivity index (χ1v) is 6.62. The average Bonchev–Trinajstić information content (AvgIpc) is 2.26. The smallest absolute Gasteiger partial charge is 0.00484 e. The lowest BCUT2D eigenvalue weighted by molar-refractivity contribution is 0.559. The van der Waals surface area contributed by atoms with Crippen LogP contribution < -0.4 is 10.6 Å². The van der Waals surface area contributed by atoms with Gasteiger partial charge in [0.1, 0.15) is 0 Å². The largest absolute Gasteiger partial charge is 0.317 e. The van der Waals surface area contributed by atoms with Crippen molar-refractivity contribution < 1.29 is 0 Å². The van der Waals surface area contributed by atoms with E-state index in [2.05, 4.69) is 24.5 Å². The van der Waals surface area contributed by atoms with Gasteiger partial charge in [-0.2, -0.15) is 0 Å². The Labute approximate surface area is 96.2 Å². The van der Waals surface area contributed by atoms with E-state index in [1.807, 2.05) is 0 Å². The average molecular weight is 213 g/mol. The van der Waals surface area contributed by atoms with Crippen LogP contribution in [-0.4, -0.2) is 26.2 Å². The highest BCUT2D eigenvalue weighted by molar-refractivity contribution is 4.53. The maximum absolute atomic E-state index is 3.79. The summed E-state index contributed by atoms with van der Waals surface area (Å²) in [7, 11) is 0. The second kappa shape index (κ2) is 13.9. The minimum atomic E-state index is 0.996. The molecule has 0 fully saturated rings. The minimum absolute atomic E-state index is 0.996. The van der Waals surface area contributed by atoms with Gasteiger partial charge < -0.3 is 10.6 Å². The Morgan fingerprint density at radius 3 is 1.80 bits per heavy atom. The van der Waals surface area contributed by atoms with E-state index in [-0.39, 0.29) is 0 Å². The van der Waals surface area contributed by atoms with Crippen LogP contribution in [-0.2, 0) is 0 Å². The summed E-state index contributed by atoms with van der Waals surface area (Å²) in [4.78, 5) is 0. The Balaban J connectivity index is 2.81. The Morgan fingerprint density at radius 2 is 1.27 bits per heavy atom. The molecule has 0 aromatic heterocycles. The molecule has 0 aliphatic heterocycles. The van der Waals surface area contributed by atoms with Crippen molar-refractivity contribution in [3.8, 4) is 0 Å². The first-order valence-electron chi connectivity index (χ1n) is 6.62. The Hall–Kier alpha value is -0.0800. The number of rotatable bonds is 12. The van der Waals surface area contributed by atoms with Crippen molar-refractivity contribution in [3.05, 3.63) is 6.92 Å². The van der Waals surface area contributed by atoms with Crippen LogP contribution in [0, 0.1) is 6.92 Å². The molecule has 0 atom stereocenters. The number of hydrogen-bond acceptors (Lipinski definition) is 2. The van der Waals surface area contributed by atoms with E-state index in [4.69, 9.17) is 0 Å². The van der Waals surface area contributed by atoms with E-state index in [0.29, 0.717) is 0 Å². The molecule has 0 saturated carbocycles. The van der Waals surface area contributed by atoms with Crippen molar-refractivity contribution in [1.82, 2.24) is 10.6 Å². The Kier molecular flexibility index (Phi) is 13.8. The summed E-state index contributed by atoms with van der Waals surface area (Å²) in [6.07, 6.45) is 9.01. The Bertz CT molecular complexity index is 92.7. The Morgan fingerprint density at radius 1 is 0.733 bits per heavy atom. The van der Waals surface area contributed by atoms with Crippen LogP contribution in [0.2, 0.25) is 0 Å². The first-order chi connectivity index (χ1) is 7.41. The van der Waals surface area contributed by atoms with Crippen LogP contribution in [0.25, 0.3) is 0 Å². The summed E-state index contributed by atoms with van der Waals surface area (Å²) < 4.78 is 0. The highest BCUT2D eigenvalue weighted by Crippen LogP contribution is 1.97. The lowest BCUT2D eigenvalue weighted by Crippen LogP contribution is -2.20. The van der Waals surface area contributed by atoms with E-state index >= 15 is 0 Å². The molecule has 0 aliphatic rings.